The number of esters is 1. The molecule has 50 heavy (non-hydrogen) atoms. The lowest BCUT2D eigenvalue weighted by Gasteiger charge is -2.32. The summed E-state index contributed by atoms with van der Waals surface area (Å²) < 4.78 is 45.1. The summed E-state index contributed by atoms with van der Waals surface area (Å²) in [6.45, 7) is 5.69. The lowest BCUT2D eigenvalue weighted by atomic mass is 9.96. The average Bonchev–Trinajstić information content (AvgIpc) is 3.59. The van der Waals surface area contributed by atoms with Gasteiger partial charge in [-0.1, -0.05) is 66.7 Å². The van der Waals surface area contributed by atoms with Gasteiger partial charge in [-0.05, 0) is 44.7 Å². The maximum Gasteiger partial charge on any atom is 0.459 e. The molecule has 0 amide bonds. The number of carbonyl (C=O) groups excluding carboxylic acids is 1. The van der Waals surface area contributed by atoms with Crippen LogP contribution in [-0.4, -0.2) is 75.0 Å². The molecule has 0 bridgehead atoms. The van der Waals surface area contributed by atoms with Crippen molar-refractivity contribution in [3.63, 3.8) is 0 Å². The van der Waals surface area contributed by atoms with E-state index in [0.717, 1.165) is 10.9 Å². The quantitative estimate of drug-likeness (QED) is 0.111. The maximum absolute atomic E-state index is 14.5. The minimum absolute atomic E-state index is 0.170. The van der Waals surface area contributed by atoms with Crippen LogP contribution in [0.1, 0.15) is 51.3 Å². The summed E-state index contributed by atoms with van der Waals surface area (Å²) in [6, 6.07) is 20.6. The molecule has 3 heterocycles. The number of rotatable bonds is 11. The van der Waals surface area contributed by atoms with Gasteiger partial charge >= 0.3 is 13.7 Å². The monoisotopic (exact) mass is 708 g/mol. The number of ether oxygens (including phenoxy) is 3. The lowest BCUT2D eigenvalue weighted by molar-refractivity contribution is -0.150. The Kier molecular flexibility index (Phi) is 9.76. The number of fused-ring (bicyclic) bond motifs is 2. The van der Waals surface area contributed by atoms with Crippen LogP contribution in [0.2, 0.25) is 0 Å². The molecule has 1 saturated heterocycles. The first kappa shape index (κ1) is 35.5. The molecule has 2 aliphatic rings. The number of carbonyl (C=O) groups is 1. The molecule has 266 valence electrons. The number of aliphatic imine (C=N–C) groups is 1. The van der Waals surface area contributed by atoms with Crippen molar-refractivity contribution in [3.8, 4) is 5.75 Å². The van der Waals surface area contributed by atoms with Crippen LogP contribution >= 0.6 is 7.75 Å². The van der Waals surface area contributed by atoms with Crippen molar-refractivity contribution in [1.29, 1.82) is 0 Å². The highest BCUT2D eigenvalue weighted by atomic mass is 31.2. The van der Waals surface area contributed by atoms with E-state index in [0.29, 0.717) is 16.9 Å². The van der Waals surface area contributed by atoms with Gasteiger partial charge in [0.2, 0.25) is 5.90 Å². The summed E-state index contributed by atoms with van der Waals surface area (Å²) in [5.41, 5.74) is 5.45. The van der Waals surface area contributed by atoms with E-state index in [2.05, 4.69) is 20.4 Å². The van der Waals surface area contributed by atoms with E-state index in [1.54, 1.807) is 32.0 Å². The fraction of sp³-hybridized carbons (Fsp3) is 0.382. The number of nitrogens with zero attached hydrogens (tertiary/aromatic N) is 3. The molecule has 6 N–H and O–H groups in total. The smallest absolute Gasteiger partial charge is 0.459 e. The van der Waals surface area contributed by atoms with Gasteiger partial charge in [-0.3, -0.25) is 19.6 Å². The topological polar surface area (TPSA) is 201 Å². The van der Waals surface area contributed by atoms with Crippen LogP contribution in [-0.2, 0) is 28.1 Å². The number of aliphatic hydroxyl groups excluding tert-OH is 1. The number of imidazole rings is 1. The molecule has 6 rings (SSSR count). The molecule has 1 aromatic heterocycles. The van der Waals surface area contributed by atoms with E-state index in [-0.39, 0.29) is 11.6 Å². The van der Waals surface area contributed by atoms with Crippen LogP contribution in [0.5, 0.6) is 5.75 Å². The Hall–Kier alpha value is -4.34. The minimum Gasteiger partial charge on any atom is -0.480 e. The highest BCUT2D eigenvalue weighted by Crippen LogP contribution is 2.49. The minimum atomic E-state index is -4.42. The van der Waals surface area contributed by atoms with Crippen LogP contribution in [0.25, 0.3) is 10.8 Å². The first-order valence-electron chi connectivity index (χ1n) is 16.0. The fourth-order valence-corrected chi connectivity index (χ4v) is 7.42. The zero-order valence-corrected chi connectivity index (χ0v) is 29.1. The average molecular weight is 709 g/mol. The van der Waals surface area contributed by atoms with Crippen molar-refractivity contribution < 1.29 is 42.8 Å². The number of anilines is 1. The molecule has 8 atom stereocenters. The Labute approximate surface area is 289 Å². The number of hydrogen-bond acceptors (Lipinski definition) is 13. The van der Waals surface area contributed by atoms with E-state index in [9.17, 15) is 19.6 Å². The first-order chi connectivity index (χ1) is 23.7. The van der Waals surface area contributed by atoms with E-state index in [4.69, 9.17) is 29.0 Å². The molecule has 3 aromatic carbocycles. The Bertz CT molecular complexity index is 1930. The van der Waals surface area contributed by atoms with Crippen LogP contribution in [0.15, 0.2) is 84.1 Å². The zero-order chi connectivity index (χ0) is 35.8. The second-order valence-corrected chi connectivity index (χ2v) is 14.3. The summed E-state index contributed by atoms with van der Waals surface area (Å²) in [7, 11) is -2.99. The summed E-state index contributed by atoms with van der Waals surface area (Å²) >= 11 is 0. The zero-order valence-electron chi connectivity index (χ0n) is 28.2. The van der Waals surface area contributed by atoms with Gasteiger partial charge in [0.05, 0.1) is 20.0 Å². The van der Waals surface area contributed by atoms with Gasteiger partial charge in [0.1, 0.15) is 41.5 Å². The van der Waals surface area contributed by atoms with Crippen LogP contribution in [0.3, 0.4) is 0 Å². The molecule has 3 unspecified atom stereocenters. The Morgan fingerprint density at radius 2 is 1.82 bits per heavy atom. The third-order valence-electron chi connectivity index (χ3n) is 8.55. The third kappa shape index (κ3) is 7.12. The number of aliphatic hydroxyl groups is 2. The number of hydrogen-bond donors (Lipinski definition) is 5. The number of nitrogens with one attached hydrogen (secondary N) is 2. The number of nitrogens with two attached hydrogens (primary N) is 1. The number of methoxy groups -OCH3 is 1. The van der Waals surface area contributed by atoms with Gasteiger partial charge in [-0.2, -0.15) is 5.09 Å². The molecular formula is C34H41N6O9P. The second-order valence-electron chi connectivity index (χ2n) is 12.6. The van der Waals surface area contributed by atoms with Crippen LogP contribution < -0.4 is 20.7 Å². The number of aromatic nitrogens is 2. The van der Waals surface area contributed by atoms with Crippen molar-refractivity contribution in [3.05, 3.63) is 90.4 Å². The van der Waals surface area contributed by atoms with Gasteiger partial charge in [0.25, 0.3) is 0 Å². The molecule has 0 aliphatic carbocycles. The van der Waals surface area contributed by atoms with Gasteiger partial charge in [0.15, 0.2) is 17.7 Å². The predicted octanol–water partition coefficient (Wildman–Crippen LogP) is 3.98. The van der Waals surface area contributed by atoms with E-state index in [1.165, 1.54) is 31.9 Å². The molecule has 0 spiro atoms. The third-order valence-corrected chi connectivity index (χ3v) is 10.2. The highest BCUT2D eigenvalue weighted by molar-refractivity contribution is 7.52. The first-order valence-corrected chi connectivity index (χ1v) is 17.5. The van der Waals surface area contributed by atoms with Gasteiger partial charge in [0, 0.05) is 5.39 Å². The summed E-state index contributed by atoms with van der Waals surface area (Å²) in [6.07, 6.45) is -3.15. The van der Waals surface area contributed by atoms with E-state index >= 15 is 0 Å². The summed E-state index contributed by atoms with van der Waals surface area (Å²) in [5.74, 6) is -1.23. The molecular weight excluding hydrogens is 667 g/mol. The van der Waals surface area contributed by atoms with Crippen molar-refractivity contribution in [2.24, 2.45) is 10.7 Å². The summed E-state index contributed by atoms with van der Waals surface area (Å²) in [5, 5.41) is 30.0. The molecule has 2 aliphatic heterocycles. The molecule has 4 aromatic rings. The van der Waals surface area contributed by atoms with Gasteiger partial charge in [-0.15, -0.1) is 0 Å². The Morgan fingerprint density at radius 3 is 2.56 bits per heavy atom. The standard InChI is InChI=1S/C34H41N6O9P/c1-20(31(42)47-21(2)22-12-7-6-8-13-22)39-50(44,49-25-17-11-15-23-14-9-10-16-24(23)25)46-18-26-28(41)33(3,43)32(48-26)40-19-36-27-29(40)37-34(4,35)38-30(27)45-5/h6-17,19-21,26,28,32,37,41,43H,18,35H2,1-5H3,(H,39,44)/t20-,21-,26+,28+,32?,33+,34?,50?/m0/s1. The normalized spacial score (nSPS) is 27.0. The molecule has 0 radical (unpaired) electrons. The molecule has 15 nitrogen and oxygen atoms in total. The van der Waals surface area contributed by atoms with Crippen LogP contribution in [0, 0.1) is 0 Å². The van der Waals surface area contributed by atoms with Gasteiger partial charge < -0.3 is 34.3 Å². The van der Waals surface area contributed by atoms with Crippen molar-refractivity contribution in [2.75, 3.05) is 19.0 Å². The Morgan fingerprint density at radius 1 is 1.12 bits per heavy atom. The summed E-state index contributed by atoms with van der Waals surface area (Å²) in [4.78, 5) is 21.8. The second kappa shape index (κ2) is 13.8. The predicted molar refractivity (Wildman–Crippen MR) is 184 cm³/mol. The van der Waals surface area contributed by atoms with Crippen molar-refractivity contribution in [1.82, 2.24) is 14.6 Å². The highest BCUT2D eigenvalue weighted by Gasteiger charge is 2.55. The van der Waals surface area contributed by atoms with Crippen molar-refractivity contribution >= 4 is 36.2 Å². The van der Waals surface area contributed by atoms with Gasteiger partial charge in [-0.25, -0.2) is 14.5 Å². The molecule has 0 saturated carbocycles. The van der Waals surface area contributed by atoms with E-state index < -0.39 is 62.3 Å². The SMILES string of the molecule is COC1=NC(C)(N)Nc2c1ncn2C1O[C@H](COP(=O)(N[C@@H](C)C(=O)O[C@@H](C)c2ccccc2)Oc2cccc3ccccc23)[C@@H](O)[C@@]1(C)O. The Balaban J connectivity index is 1.24. The maximum atomic E-state index is 14.5. The molecule has 16 heteroatoms. The molecule has 1 fully saturated rings. The fourth-order valence-electron chi connectivity index (χ4n) is 5.90. The largest absolute Gasteiger partial charge is 0.480 e. The van der Waals surface area contributed by atoms with Crippen LogP contribution in [0.4, 0.5) is 5.82 Å². The lowest BCUT2D eigenvalue weighted by Crippen LogP contribution is -2.48. The van der Waals surface area contributed by atoms with E-state index in [1.807, 2.05) is 54.6 Å². The number of benzene rings is 3. The van der Waals surface area contributed by atoms with Crippen molar-refractivity contribution in [2.45, 2.75) is 69.7 Å².